The quantitative estimate of drug-likeness (QED) is 0.613. The number of fused-ring (bicyclic) bond motifs is 2. The zero-order valence-corrected chi connectivity index (χ0v) is 6.88. The van der Waals surface area contributed by atoms with Crippen LogP contribution in [0.3, 0.4) is 0 Å². The van der Waals surface area contributed by atoms with Crippen LogP contribution in [0.1, 0.15) is 6.42 Å². The lowest BCUT2D eigenvalue weighted by molar-refractivity contribution is -0.154. The molecule has 0 aromatic heterocycles. The summed E-state index contributed by atoms with van der Waals surface area (Å²) >= 11 is 0. The maximum Gasteiger partial charge on any atom is 0.307 e. The van der Waals surface area contributed by atoms with Crippen LogP contribution in [0.2, 0.25) is 0 Å². The Hall–Kier alpha value is -1.32. The van der Waals surface area contributed by atoms with Gasteiger partial charge in [-0.1, -0.05) is 12.2 Å². The Labute approximate surface area is 74.9 Å². The summed E-state index contributed by atoms with van der Waals surface area (Å²) in [6, 6.07) is 0. The van der Waals surface area contributed by atoms with Crippen LogP contribution in [-0.4, -0.2) is 22.2 Å². The van der Waals surface area contributed by atoms with Crippen molar-refractivity contribution in [3.8, 4) is 0 Å². The van der Waals surface area contributed by atoms with E-state index in [0.717, 1.165) is 0 Å². The zero-order chi connectivity index (χ0) is 9.59. The smallest absolute Gasteiger partial charge is 0.307 e. The predicted octanol–water partition coefficient (Wildman–Crippen LogP) is 0.594. The minimum Gasteiger partial charge on any atom is -0.481 e. The molecule has 1 saturated carbocycles. The number of carbonyl (C=O) groups is 2. The van der Waals surface area contributed by atoms with Gasteiger partial charge >= 0.3 is 11.9 Å². The maximum atomic E-state index is 10.8. The van der Waals surface area contributed by atoms with Gasteiger partial charge < -0.3 is 10.2 Å². The highest BCUT2D eigenvalue weighted by Crippen LogP contribution is 2.48. The third kappa shape index (κ3) is 1.05. The largest absolute Gasteiger partial charge is 0.481 e. The van der Waals surface area contributed by atoms with Gasteiger partial charge in [-0.3, -0.25) is 9.59 Å². The minimum absolute atomic E-state index is 0.0661. The second-order valence-electron chi connectivity index (χ2n) is 3.68. The van der Waals surface area contributed by atoms with E-state index < -0.39 is 23.8 Å². The Balaban J connectivity index is 2.30. The standard InChI is InChI=1S/C9H10O4/c10-8(11)6-4-1-2-5(3-4)7(6)9(12)13/h1-2,4-7H,3H2,(H,10,11)(H,12,13)/t4-,5-,6-,7+/m1/s1. The van der Waals surface area contributed by atoms with E-state index in [4.69, 9.17) is 10.2 Å². The second kappa shape index (κ2) is 2.58. The molecule has 0 heterocycles. The highest BCUT2D eigenvalue weighted by atomic mass is 16.4. The molecule has 0 aromatic carbocycles. The lowest BCUT2D eigenvalue weighted by atomic mass is 9.83. The molecule has 0 radical (unpaired) electrons. The van der Waals surface area contributed by atoms with Gasteiger partial charge in [0.1, 0.15) is 0 Å². The summed E-state index contributed by atoms with van der Waals surface area (Å²) in [7, 11) is 0. The van der Waals surface area contributed by atoms with Gasteiger partial charge in [0.2, 0.25) is 0 Å². The molecule has 2 bridgehead atoms. The topological polar surface area (TPSA) is 74.6 Å². The average molecular weight is 182 g/mol. The van der Waals surface area contributed by atoms with Crippen LogP contribution < -0.4 is 0 Å². The first-order valence-corrected chi connectivity index (χ1v) is 4.25. The molecule has 0 amide bonds. The normalized spacial score (nSPS) is 40.9. The second-order valence-corrected chi connectivity index (χ2v) is 3.68. The molecule has 1 fully saturated rings. The number of hydrogen-bond donors (Lipinski definition) is 2. The Morgan fingerprint density at radius 2 is 1.38 bits per heavy atom. The van der Waals surface area contributed by atoms with Gasteiger partial charge in [-0.05, 0) is 18.3 Å². The Morgan fingerprint density at radius 1 is 1.00 bits per heavy atom. The average Bonchev–Trinajstić information content (AvgIpc) is 2.60. The van der Waals surface area contributed by atoms with Crippen LogP contribution >= 0.6 is 0 Å². The maximum absolute atomic E-state index is 10.8. The first-order chi connectivity index (χ1) is 6.11. The van der Waals surface area contributed by atoms with Crippen molar-refractivity contribution in [1.29, 1.82) is 0 Å². The van der Waals surface area contributed by atoms with Gasteiger partial charge in [-0.15, -0.1) is 0 Å². The molecule has 0 saturated heterocycles. The van der Waals surface area contributed by atoms with Crippen molar-refractivity contribution in [2.24, 2.45) is 23.7 Å². The monoisotopic (exact) mass is 182 g/mol. The fraction of sp³-hybridized carbons (Fsp3) is 0.556. The molecule has 2 aliphatic rings. The van der Waals surface area contributed by atoms with Gasteiger partial charge in [0.15, 0.2) is 0 Å². The molecule has 4 atom stereocenters. The summed E-state index contributed by atoms with van der Waals surface area (Å²) < 4.78 is 0. The van der Waals surface area contributed by atoms with E-state index in [1.54, 1.807) is 0 Å². The van der Waals surface area contributed by atoms with Crippen molar-refractivity contribution in [1.82, 2.24) is 0 Å². The molecule has 0 aliphatic heterocycles. The van der Waals surface area contributed by atoms with Crippen LogP contribution in [0.15, 0.2) is 12.2 Å². The van der Waals surface area contributed by atoms with E-state index in [0.29, 0.717) is 6.42 Å². The molecule has 0 unspecified atom stereocenters. The number of aliphatic carboxylic acids is 2. The van der Waals surface area contributed by atoms with Crippen LogP contribution in [0.5, 0.6) is 0 Å². The highest BCUT2D eigenvalue weighted by molar-refractivity contribution is 5.82. The van der Waals surface area contributed by atoms with Gasteiger partial charge in [0.05, 0.1) is 11.8 Å². The molecule has 4 nitrogen and oxygen atoms in total. The Bertz CT molecular complexity index is 266. The summed E-state index contributed by atoms with van der Waals surface area (Å²) in [6.45, 7) is 0. The number of carboxylic acid groups (broad SMARTS) is 2. The van der Waals surface area contributed by atoms with E-state index in [2.05, 4.69) is 0 Å². The molecular formula is C9H10O4. The minimum atomic E-state index is -0.982. The van der Waals surface area contributed by atoms with Crippen LogP contribution in [0, 0.1) is 23.7 Å². The van der Waals surface area contributed by atoms with Gasteiger partial charge in [0, 0.05) is 0 Å². The third-order valence-electron chi connectivity index (χ3n) is 3.03. The van der Waals surface area contributed by atoms with Crippen LogP contribution in [0.25, 0.3) is 0 Å². The van der Waals surface area contributed by atoms with E-state index in [-0.39, 0.29) is 11.8 Å². The molecule has 2 aliphatic carbocycles. The molecular weight excluding hydrogens is 172 g/mol. The number of rotatable bonds is 2. The third-order valence-corrected chi connectivity index (χ3v) is 3.03. The fourth-order valence-electron chi connectivity index (χ4n) is 2.50. The van der Waals surface area contributed by atoms with Gasteiger partial charge in [0.25, 0.3) is 0 Å². The molecule has 0 spiro atoms. The van der Waals surface area contributed by atoms with E-state index >= 15 is 0 Å². The van der Waals surface area contributed by atoms with Gasteiger partial charge in [-0.2, -0.15) is 0 Å². The fourth-order valence-corrected chi connectivity index (χ4v) is 2.50. The predicted molar refractivity (Wildman–Crippen MR) is 43.0 cm³/mol. The van der Waals surface area contributed by atoms with Crippen molar-refractivity contribution < 1.29 is 19.8 Å². The molecule has 0 aromatic rings. The molecule has 2 rings (SSSR count). The van der Waals surface area contributed by atoms with Crippen molar-refractivity contribution in [2.45, 2.75) is 6.42 Å². The van der Waals surface area contributed by atoms with Crippen molar-refractivity contribution in [3.63, 3.8) is 0 Å². The lowest BCUT2D eigenvalue weighted by Gasteiger charge is -2.20. The highest BCUT2D eigenvalue weighted by Gasteiger charge is 2.51. The summed E-state index contributed by atoms with van der Waals surface area (Å²) in [5.41, 5.74) is 0. The van der Waals surface area contributed by atoms with Crippen molar-refractivity contribution in [2.75, 3.05) is 0 Å². The first-order valence-electron chi connectivity index (χ1n) is 4.25. The number of allylic oxidation sites excluding steroid dienone is 2. The Kier molecular flexibility index (Phi) is 1.65. The lowest BCUT2D eigenvalue weighted by Crippen LogP contribution is -2.32. The van der Waals surface area contributed by atoms with Gasteiger partial charge in [-0.25, -0.2) is 0 Å². The zero-order valence-electron chi connectivity index (χ0n) is 6.88. The summed E-state index contributed by atoms with van der Waals surface area (Å²) in [6.07, 6.45) is 4.36. The molecule has 2 N–H and O–H groups in total. The van der Waals surface area contributed by atoms with E-state index in [1.165, 1.54) is 0 Å². The van der Waals surface area contributed by atoms with Crippen molar-refractivity contribution in [3.05, 3.63) is 12.2 Å². The Morgan fingerprint density at radius 3 is 1.69 bits per heavy atom. The first kappa shape index (κ1) is 8.29. The summed E-state index contributed by atoms with van der Waals surface area (Å²) in [5.74, 6) is -3.53. The van der Waals surface area contributed by atoms with Crippen LogP contribution in [0.4, 0.5) is 0 Å². The van der Waals surface area contributed by atoms with Crippen molar-refractivity contribution >= 4 is 11.9 Å². The number of hydrogen-bond acceptors (Lipinski definition) is 2. The number of carboxylic acids is 2. The molecule has 13 heavy (non-hydrogen) atoms. The summed E-state index contributed by atoms with van der Waals surface area (Å²) in [4.78, 5) is 21.6. The molecule has 70 valence electrons. The SMILES string of the molecule is O=C(O)[C@@H]1[C@H](C(=O)O)[C@@H]2C=C[C@@H]1C2. The molecule has 4 heteroatoms. The van der Waals surface area contributed by atoms with E-state index in [9.17, 15) is 9.59 Å². The van der Waals surface area contributed by atoms with Crippen LogP contribution in [-0.2, 0) is 9.59 Å². The summed E-state index contributed by atoms with van der Waals surface area (Å²) in [5, 5.41) is 17.7. The van der Waals surface area contributed by atoms with E-state index in [1.807, 2.05) is 12.2 Å².